The van der Waals surface area contributed by atoms with Gasteiger partial charge >= 0.3 is 0 Å². The van der Waals surface area contributed by atoms with Crippen molar-refractivity contribution in [1.29, 1.82) is 5.41 Å². The van der Waals surface area contributed by atoms with E-state index in [0.717, 1.165) is 5.56 Å². The number of ketones is 1. The van der Waals surface area contributed by atoms with Gasteiger partial charge in [0.25, 0.3) is 0 Å². The van der Waals surface area contributed by atoms with Crippen LogP contribution in [0, 0.1) is 5.41 Å². The third kappa shape index (κ3) is 5.74. The Balaban J connectivity index is 2.01. The molecule has 0 spiro atoms. The molecule has 0 aliphatic carbocycles. The van der Waals surface area contributed by atoms with Gasteiger partial charge in [-0.1, -0.05) is 20.8 Å². The monoisotopic (exact) mass is 471 g/mol. The predicted molar refractivity (Wildman–Crippen MR) is 126 cm³/mol. The highest BCUT2D eigenvalue weighted by Crippen LogP contribution is 2.28. The second-order valence-corrected chi connectivity index (χ2v) is 9.15. The number of fused-ring (bicyclic) bond motifs is 1. The molecule has 10 heteroatoms. The van der Waals surface area contributed by atoms with Gasteiger partial charge in [0.2, 0.25) is 17.1 Å². The molecule has 184 valence electrons. The van der Waals surface area contributed by atoms with Crippen molar-refractivity contribution in [3.63, 3.8) is 0 Å². The summed E-state index contributed by atoms with van der Waals surface area (Å²) in [6, 6.07) is 6.98. The summed E-state index contributed by atoms with van der Waals surface area (Å²) in [7, 11) is 0. The first-order chi connectivity index (χ1) is 16.0. The molecule has 0 bridgehead atoms. The number of benzene rings is 1. The molecule has 0 aliphatic rings. The Bertz CT molecular complexity index is 1220. The molecule has 0 saturated carbocycles. The zero-order valence-corrected chi connectivity index (χ0v) is 20.6. The number of carbonyl (C=O) groups is 1. The van der Waals surface area contributed by atoms with E-state index in [4.69, 9.17) is 24.7 Å². The predicted octanol–water partition coefficient (Wildman–Crippen LogP) is 2.75. The van der Waals surface area contributed by atoms with E-state index in [1.807, 2.05) is 53.7 Å². The van der Waals surface area contributed by atoms with Crippen LogP contribution in [0.4, 0.5) is 0 Å². The number of nitrogens with zero attached hydrogens (tertiary/aromatic N) is 4. The first kappa shape index (κ1) is 25.2. The van der Waals surface area contributed by atoms with Crippen LogP contribution in [0.5, 0.6) is 17.4 Å². The van der Waals surface area contributed by atoms with Crippen molar-refractivity contribution in [1.82, 2.24) is 19.4 Å². The van der Waals surface area contributed by atoms with Crippen molar-refractivity contribution >= 4 is 11.4 Å². The molecule has 0 atom stereocenters. The van der Waals surface area contributed by atoms with Gasteiger partial charge in [-0.25, -0.2) is 4.68 Å². The summed E-state index contributed by atoms with van der Waals surface area (Å²) in [5.41, 5.74) is 1.39. The minimum Gasteiger partial charge on any atom is -0.491 e. The van der Waals surface area contributed by atoms with Crippen LogP contribution in [0.25, 0.3) is 5.65 Å². The first-order valence-electron chi connectivity index (χ1n) is 11.3. The van der Waals surface area contributed by atoms with Crippen molar-refractivity contribution in [3.8, 4) is 17.4 Å². The van der Waals surface area contributed by atoms with Crippen molar-refractivity contribution in [3.05, 3.63) is 41.0 Å². The second-order valence-electron chi connectivity index (χ2n) is 9.15. The Kier molecular flexibility index (Phi) is 7.61. The Hall–Kier alpha value is -3.40. The molecule has 0 amide bonds. The maximum atomic E-state index is 13.2. The Labute approximate surface area is 198 Å². The average Bonchev–Trinajstić information content (AvgIpc) is 3.07. The van der Waals surface area contributed by atoms with Crippen LogP contribution in [0.2, 0.25) is 0 Å². The minimum atomic E-state index is -0.238. The third-order valence-corrected chi connectivity index (χ3v) is 4.94. The zero-order chi connectivity index (χ0) is 25.0. The van der Waals surface area contributed by atoms with Crippen LogP contribution in [0.1, 0.15) is 57.5 Å². The molecule has 0 fully saturated rings. The van der Waals surface area contributed by atoms with Crippen molar-refractivity contribution < 1.29 is 24.1 Å². The third-order valence-electron chi connectivity index (χ3n) is 4.94. The molecule has 2 aromatic heterocycles. The molecule has 0 saturated heterocycles. The summed E-state index contributed by atoms with van der Waals surface area (Å²) in [5.74, 6) is 0.992. The lowest BCUT2D eigenvalue weighted by atomic mass is 9.85. The summed E-state index contributed by atoms with van der Waals surface area (Å²) >= 11 is 0. The molecule has 0 unspecified atom stereocenters. The number of nitrogens with one attached hydrogen (secondary N) is 1. The average molecular weight is 472 g/mol. The fraction of sp³-hybridized carbons (Fsp3) is 0.500. The smallest absolute Gasteiger partial charge is 0.242 e. The maximum Gasteiger partial charge on any atom is 0.242 e. The second kappa shape index (κ2) is 10.3. The fourth-order valence-electron chi connectivity index (χ4n) is 3.30. The summed E-state index contributed by atoms with van der Waals surface area (Å²) in [6.07, 6.45) is -0.126. The molecular formula is C24H33N5O5. The van der Waals surface area contributed by atoms with E-state index >= 15 is 0 Å². The van der Waals surface area contributed by atoms with Gasteiger partial charge in [0, 0.05) is 11.6 Å². The molecule has 3 rings (SSSR count). The number of aliphatic hydroxyl groups is 1. The fourth-order valence-corrected chi connectivity index (χ4v) is 3.30. The van der Waals surface area contributed by atoms with Gasteiger partial charge in [-0.15, -0.1) is 10.2 Å². The number of Topliss-reactive ketones (excluding diaryl/α,β-unsaturated/α-hetero) is 1. The van der Waals surface area contributed by atoms with Gasteiger partial charge in [0.1, 0.15) is 18.9 Å². The van der Waals surface area contributed by atoms with Crippen LogP contribution >= 0.6 is 0 Å². The molecule has 2 heterocycles. The van der Waals surface area contributed by atoms with Crippen LogP contribution in [0.3, 0.4) is 0 Å². The highest BCUT2D eigenvalue weighted by molar-refractivity contribution is 5.96. The van der Waals surface area contributed by atoms with Crippen molar-refractivity contribution in [2.24, 2.45) is 0 Å². The van der Waals surface area contributed by atoms with Crippen LogP contribution in [-0.2, 0) is 12.0 Å². The summed E-state index contributed by atoms with van der Waals surface area (Å²) in [5, 5.41) is 26.4. The van der Waals surface area contributed by atoms with Crippen molar-refractivity contribution in [2.45, 2.75) is 59.6 Å². The SMILES string of the molecule is CCOc1cc(OC(C)C)c2nn(CC(=O)c3cc(OCCO)cc(C(C)(C)C)c3)c(=N)n2n1. The largest absolute Gasteiger partial charge is 0.491 e. The standard InChI is InChI=1S/C24H33N5O5/c1-7-32-21-13-20(34-15(2)3)22-27-28(23(25)29(22)26-21)14-19(31)16-10-17(24(4,5)6)12-18(11-16)33-9-8-30/h10-13,15,25,30H,7-9,14H2,1-6H3. The molecule has 0 aliphatic heterocycles. The minimum absolute atomic E-state index is 0.0813. The van der Waals surface area contributed by atoms with Crippen molar-refractivity contribution in [2.75, 3.05) is 19.8 Å². The van der Waals surface area contributed by atoms with Gasteiger partial charge in [0.15, 0.2) is 11.5 Å². The Morgan fingerprint density at radius 1 is 1.15 bits per heavy atom. The van der Waals surface area contributed by atoms with E-state index in [1.165, 1.54) is 9.20 Å². The number of aromatic nitrogens is 4. The van der Waals surface area contributed by atoms with Crippen LogP contribution in [-0.4, -0.2) is 56.2 Å². The zero-order valence-electron chi connectivity index (χ0n) is 20.6. The normalized spacial score (nSPS) is 11.8. The van der Waals surface area contributed by atoms with Gasteiger partial charge in [-0.05, 0) is 49.9 Å². The maximum absolute atomic E-state index is 13.2. The molecule has 2 N–H and O–H groups in total. The van der Waals surface area contributed by atoms with E-state index < -0.39 is 0 Å². The number of hydrogen-bond donors (Lipinski definition) is 2. The van der Waals surface area contributed by atoms with Gasteiger partial charge in [-0.3, -0.25) is 10.2 Å². The van der Waals surface area contributed by atoms with Crippen LogP contribution < -0.4 is 19.8 Å². The molecule has 10 nitrogen and oxygen atoms in total. The molecule has 34 heavy (non-hydrogen) atoms. The van der Waals surface area contributed by atoms with E-state index in [1.54, 1.807) is 12.1 Å². The molecule has 0 radical (unpaired) electrons. The lowest BCUT2D eigenvalue weighted by molar-refractivity contribution is 0.0964. The highest BCUT2D eigenvalue weighted by Gasteiger charge is 2.21. The number of ether oxygens (including phenoxy) is 3. The summed E-state index contributed by atoms with van der Waals surface area (Å²) in [6.45, 7) is 12.0. The first-order valence-corrected chi connectivity index (χ1v) is 11.3. The molecule has 3 aromatic rings. The molecular weight excluding hydrogens is 438 g/mol. The summed E-state index contributed by atoms with van der Waals surface area (Å²) < 4.78 is 19.5. The quantitative estimate of drug-likeness (QED) is 0.436. The number of carbonyl (C=O) groups excluding carboxylic acids is 1. The number of hydrogen-bond acceptors (Lipinski definition) is 8. The lowest BCUT2D eigenvalue weighted by Gasteiger charge is -2.21. The number of rotatable bonds is 10. The van der Waals surface area contributed by atoms with E-state index in [2.05, 4.69) is 10.2 Å². The summed E-state index contributed by atoms with van der Waals surface area (Å²) in [4.78, 5) is 13.2. The molecule has 1 aromatic carbocycles. The van der Waals surface area contributed by atoms with E-state index in [0.29, 0.717) is 35.2 Å². The van der Waals surface area contributed by atoms with Gasteiger partial charge in [0.05, 0.1) is 19.3 Å². The Morgan fingerprint density at radius 3 is 2.50 bits per heavy atom. The van der Waals surface area contributed by atoms with E-state index in [-0.39, 0.29) is 42.7 Å². The van der Waals surface area contributed by atoms with Gasteiger partial charge in [-0.2, -0.15) is 4.52 Å². The van der Waals surface area contributed by atoms with Gasteiger partial charge < -0.3 is 19.3 Å². The van der Waals surface area contributed by atoms with Crippen LogP contribution in [0.15, 0.2) is 24.3 Å². The highest BCUT2D eigenvalue weighted by atomic mass is 16.5. The topological polar surface area (TPSA) is 124 Å². The number of aliphatic hydroxyl groups excluding tert-OH is 1. The van der Waals surface area contributed by atoms with E-state index in [9.17, 15) is 4.79 Å². The lowest BCUT2D eigenvalue weighted by Crippen LogP contribution is -2.26. The Morgan fingerprint density at radius 2 is 1.88 bits per heavy atom.